The number of methoxy groups -OCH3 is 2. The van der Waals surface area contributed by atoms with E-state index in [0.717, 1.165) is 50.2 Å². The van der Waals surface area contributed by atoms with Gasteiger partial charge in [0.2, 0.25) is 0 Å². The van der Waals surface area contributed by atoms with Crippen molar-refractivity contribution in [3.8, 4) is 17.2 Å². The molecule has 0 atom stereocenters. The molecule has 0 bridgehead atoms. The highest BCUT2D eigenvalue weighted by atomic mass is 16.5. The molecule has 1 N–H and O–H groups in total. The van der Waals surface area contributed by atoms with Gasteiger partial charge in [0.25, 0.3) is 5.91 Å². The molecule has 166 valence electrons. The number of rotatable bonds is 10. The summed E-state index contributed by atoms with van der Waals surface area (Å²) < 4.78 is 16.5. The second kappa shape index (κ2) is 11.4. The summed E-state index contributed by atoms with van der Waals surface area (Å²) in [5, 5.41) is 3.10. The van der Waals surface area contributed by atoms with Gasteiger partial charge in [0, 0.05) is 31.2 Å². The van der Waals surface area contributed by atoms with Crippen molar-refractivity contribution < 1.29 is 19.0 Å². The van der Waals surface area contributed by atoms with Crippen LogP contribution in [0.1, 0.15) is 24.0 Å². The van der Waals surface area contributed by atoms with E-state index in [1.54, 1.807) is 14.2 Å². The fourth-order valence-corrected chi connectivity index (χ4v) is 3.85. The first-order chi connectivity index (χ1) is 15.1. The Hall–Kier alpha value is -2.99. The van der Waals surface area contributed by atoms with Crippen LogP contribution in [0.2, 0.25) is 0 Å². The Kier molecular flexibility index (Phi) is 8.35. The molecule has 6 nitrogen and oxygen atoms in total. The number of piperidine rings is 1. The van der Waals surface area contributed by atoms with Gasteiger partial charge in [-0.2, -0.15) is 0 Å². The van der Waals surface area contributed by atoms with Crippen LogP contribution in [0.25, 0.3) is 0 Å². The predicted molar refractivity (Wildman–Crippen MR) is 122 cm³/mol. The second-order valence-electron chi connectivity index (χ2n) is 7.70. The summed E-state index contributed by atoms with van der Waals surface area (Å²) in [4.78, 5) is 14.8. The van der Waals surface area contributed by atoms with E-state index >= 15 is 0 Å². The number of carbonyl (C=O) groups excluding carboxylic acids is 1. The van der Waals surface area contributed by atoms with Crippen molar-refractivity contribution in [2.24, 2.45) is 0 Å². The molecule has 0 saturated carbocycles. The number of para-hydroxylation sites is 1. The third-order valence-corrected chi connectivity index (χ3v) is 5.51. The first-order valence-electron chi connectivity index (χ1n) is 10.7. The molecule has 0 radical (unpaired) electrons. The van der Waals surface area contributed by atoms with Crippen LogP contribution < -0.4 is 19.5 Å². The summed E-state index contributed by atoms with van der Waals surface area (Å²) in [5.41, 5.74) is 2.28. The molecule has 0 spiro atoms. The van der Waals surface area contributed by atoms with E-state index in [0.29, 0.717) is 11.5 Å². The zero-order valence-corrected chi connectivity index (χ0v) is 18.4. The maximum Gasteiger partial charge on any atom is 0.258 e. The molecule has 0 aromatic heterocycles. The number of nitrogens with zero attached hydrogens (tertiary/aromatic N) is 1. The summed E-state index contributed by atoms with van der Waals surface area (Å²) in [6.45, 7) is 6.44. The standard InChI is InChI=1S/C25H32N2O4/c1-4-7-19-10-11-23(24(16-19)30-3)31-18-25(28)26-21-12-14-27(15-13-21)17-20-8-5-6-9-22(20)29-2/h4-6,8-11,16,21H,1,7,12-15,17-18H2,2-3H3,(H,26,28). The van der Waals surface area contributed by atoms with Crippen molar-refractivity contribution in [3.05, 3.63) is 66.2 Å². The number of nitrogens with one attached hydrogen (secondary N) is 1. The van der Waals surface area contributed by atoms with Gasteiger partial charge in [0.15, 0.2) is 18.1 Å². The summed E-state index contributed by atoms with van der Waals surface area (Å²) in [6.07, 6.45) is 4.43. The maximum atomic E-state index is 12.4. The average Bonchev–Trinajstić information content (AvgIpc) is 2.80. The van der Waals surface area contributed by atoms with E-state index in [1.165, 1.54) is 5.56 Å². The lowest BCUT2D eigenvalue weighted by atomic mass is 10.0. The van der Waals surface area contributed by atoms with E-state index in [-0.39, 0.29) is 18.6 Å². The number of hydrogen-bond acceptors (Lipinski definition) is 5. The van der Waals surface area contributed by atoms with E-state index < -0.39 is 0 Å². The van der Waals surface area contributed by atoms with E-state index in [9.17, 15) is 4.79 Å². The fraction of sp³-hybridized carbons (Fsp3) is 0.400. The molecular formula is C25H32N2O4. The molecule has 2 aromatic rings. The third-order valence-electron chi connectivity index (χ3n) is 5.51. The summed E-state index contributed by atoms with van der Waals surface area (Å²) in [7, 11) is 3.30. The van der Waals surface area contributed by atoms with Gasteiger partial charge in [0.1, 0.15) is 5.75 Å². The molecule has 3 rings (SSSR count). The van der Waals surface area contributed by atoms with Crippen LogP contribution in [0.4, 0.5) is 0 Å². The largest absolute Gasteiger partial charge is 0.496 e. The molecule has 1 heterocycles. The van der Waals surface area contributed by atoms with Gasteiger partial charge in [-0.3, -0.25) is 9.69 Å². The van der Waals surface area contributed by atoms with Crippen molar-refractivity contribution in [1.29, 1.82) is 0 Å². The Bertz CT molecular complexity index is 876. The predicted octanol–water partition coefficient (Wildman–Crippen LogP) is 3.59. The lowest BCUT2D eigenvalue weighted by molar-refractivity contribution is -0.124. The molecule has 1 amide bonds. The van der Waals surface area contributed by atoms with Crippen molar-refractivity contribution in [2.75, 3.05) is 33.9 Å². The van der Waals surface area contributed by atoms with E-state index in [4.69, 9.17) is 14.2 Å². The molecule has 6 heteroatoms. The minimum atomic E-state index is -0.111. The summed E-state index contributed by atoms with van der Waals surface area (Å²) in [6, 6.07) is 14.0. The molecule has 0 unspecified atom stereocenters. The summed E-state index contributed by atoms with van der Waals surface area (Å²) >= 11 is 0. The smallest absolute Gasteiger partial charge is 0.258 e. The van der Waals surface area contributed by atoms with Crippen LogP contribution in [-0.4, -0.2) is 50.8 Å². The van der Waals surface area contributed by atoms with Crippen LogP contribution in [0, 0.1) is 0 Å². The lowest BCUT2D eigenvalue weighted by Gasteiger charge is -2.32. The second-order valence-corrected chi connectivity index (χ2v) is 7.70. The SMILES string of the molecule is C=CCc1ccc(OCC(=O)NC2CCN(Cc3ccccc3OC)CC2)c(OC)c1. The summed E-state index contributed by atoms with van der Waals surface area (Å²) in [5.74, 6) is 2.00. The molecule has 2 aromatic carbocycles. The number of hydrogen-bond donors (Lipinski definition) is 1. The van der Waals surface area contributed by atoms with Crippen molar-refractivity contribution in [2.45, 2.75) is 31.8 Å². The number of benzene rings is 2. The molecule has 1 fully saturated rings. The monoisotopic (exact) mass is 424 g/mol. The van der Waals surface area contributed by atoms with Crippen LogP contribution in [0.3, 0.4) is 0 Å². The Balaban J connectivity index is 1.43. The highest BCUT2D eigenvalue weighted by Gasteiger charge is 2.21. The fourth-order valence-electron chi connectivity index (χ4n) is 3.85. The molecular weight excluding hydrogens is 392 g/mol. The molecule has 1 aliphatic rings. The van der Waals surface area contributed by atoms with Gasteiger partial charge in [-0.1, -0.05) is 30.3 Å². The Morgan fingerprint density at radius 3 is 2.55 bits per heavy atom. The number of carbonyl (C=O) groups is 1. The number of allylic oxidation sites excluding steroid dienone is 1. The maximum absolute atomic E-state index is 12.4. The van der Waals surface area contributed by atoms with Gasteiger partial charge >= 0.3 is 0 Å². The lowest BCUT2D eigenvalue weighted by Crippen LogP contribution is -2.45. The van der Waals surface area contributed by atoms with Crippen molar-refractivity contribution in [1.82, 2.24) is 10.2 Å². The van der Waals surface area contributed by atoms with Gasteiger partial charge < -0.3 is 19.5 Å². The van der Waals surface area contributed by atoms with E-state index in [2.05, 4.69) is 22.9 Å². The quantitative estimate of drug-likeness (QED) is 0.591. The highest BCUT2D eigenvalue weighted by Crippen LogP contribution is 2.28. The highest BCUT2D eigenvalue weighted by molar-refractivity contribution is 5.78. The van der Waals surface area contributed by atoms with Crippen LogP contribution in [0.5, 0.6) is 17.2 Å². The van der Waals surface area contributed by atoms with Gasteiger partial charge in [-0.25, -0.2) is 0 Å². The Morgan fingerprint density at radius 1 is 1.10 bits per heavy atom. The molecule has 1 aliphatic heterocycles. The number of amides is 1. The van der Waals surface area contributed by atoms with Crippen LogP contribution in [0.15, 0.2) is 55.1 Å². The number of ether oxygens (including phenoxy) is 3. The zero-order valence-electron chi connectivity index (χ0n) is 18.4. The zero-order chi connectivity index (χ0) is 22.1. The van der Waals surface area contributed by atoms with Gasteiger partial charge in [0.05, 0.1) is 14.2 Å². The average molecular weight is 425 g/mol. The van der Waals surface area contributed by atoms with Gasteiger partial charge in [-0.05, 0) is 43.0 Å². The Labute approximate surface area is 184 Å². The minimum absolute atomic E-state index is 0.0292. The minimum Gasteiger partial charge on any atom is -0.496 e. The molecule has 0 aliphatic carbocycles. The van der Waals surface area contributed by atoms with E-state index in [1.807, 2.05) is 42.5 Å². The third kappa shape index (κ3) is 6.49. The van der Waals surface area contributed by atoms with Crippen molar-refractivity contribution in [3.63, 3.8) is 0 Å². The first kappa shape index (κ1) is 22.7. The first-order valence-corrected chi connectivity index (χ1v) is 10.7. The molecule has 31 heavy (non-hydrogen) atoms. The van der Waals surface area contributed by atoms with Crippen LogP contribution >= 0.6 is 0 Å². The number of likely N-dealkylation sites (tertiary alicyclic amines) is 1. The van der Waals surface area contributed by atoms with Gasteiger partial charge in [-0.15, -0.1) is 6.58 Å². The molecule has 1 saturated heterocycles. The normalized spacial score (nSPS) is 14.6. The Morgan fingerprint density at radius 2 is 1.84 bits per heavy atom. The topological polar surface area (TPSA) is 60.0 Å². The van der Waals surface area contributed by atoms with Crippen molar-refractivity contribution >= 4 is 5.91 Å². The van der Waals surface area contributed by atoms with Crippen LogP contribution in [-0.2, 0) is 17.8 Å².